The first kappa shape index (κ1) is 16.0. The number of hydrogen-bond donors (Lipinski definition) is 0. The van der Waals surface area contributed by atoms with Crippen molar-refractivity contribution < 1.29 is 0 Å². The maximum Gasteiger partial charge on any atom is 0.138 e. The van der Waals surface area contributed by atoms with Crippen molar-refractivity contribution in [3.05, 3.63) is 78.0 Å². The summed E-state index contributed by atoms with van der Waals surface area (Å²) in [5.74, 6) is 2.02. The molecule has 4 heteroatoms. The Morgan fingerprint density at radius 3 is 2.80 bits per heavy atom. The molecule has 3 heterocycles. The number of benzene rings is 1. The van der Waals surface area contributed by atoms with Crippen molar-refractivity contribution in [2.24, 2.45) is 0 Å². The van der Waals surface area contributed by atoms with E-state index in [9.17, 15) is 0 Å². The van der Waals surface area contributed by atoms with Crippen molar-refractivity contribution in [1.82, 2.24) is 19.4 Å². The number of imidazole rings is 1. The molecule has 4 nitrogen and oxygen atoms in total. The highest BCUT2D eigenvalue weighted by Gasteiger charge is 2.27. The zero-order chi connectivity index (χ0) is 17.1. The average molecular weight is 332 g/mol. The van der Waals surface area contributed by atoms with E-state index in [1.54, 1.807) is 0 Å². The molecule has 0 bridgehead atoms. The van der Waals surface area contributed by atoms with Gasteiger partial charge in [-0.3, -0.25) is 9.47 Å². The molecule has 3 aromatic rings. The van der Waals surface area contributed by atoms with E-state index < -0.39 is 0 Å². The normalized spacial score (nSPS) is 17.9. The number of hydrogen-bond acceptors (Lipinski definition) is 3. The third-order valence-corrected chi connectivity index (χ3v) is 4.97. The number of pyridine rings is 1. The van der Waals surface area contributed by atoms with Crippen molar-refractivity contribution in [3.63, 3.8) is 0 Å². The van der Waals surface area contributed by atoms with Gasteiger partial charge < -0.3 is 0 Å². The molecule has 1 fully saturated rings. The van der Waals surface area contributed by atoms with Crippen LogP contribution >= 0.6 is 0 Å². The second-order valence-corrected chi connectivity index (χ2v) is 6.60. The topological polar surface area (TPSA) is 34.0 Å². The van der Waals surface area contributed by atoms with Crippen LogP contribution in [0.15, 0.2) is 60.9 Å². The highest BCUT2D eigenvalue weighted by atomic mass is 15.2. The van der Waals surface area contributed by atoms with Gasteiger partial charge in [-0.25, -0.2) is 9.97 Å². The van der Waals surface area contributed by atoms with E-state index in [2.05, 4.69) is 69.9 Å². The van der Waals surface area contributed by atoms with Gasteiger partial charge in [-0.2, -0.15) is 0 Å². The van der Waals surface area contributed by atoms with Crippen LogP contribution in [0.5, 0.6) is 0 Å². The van der Waals surface area contributed by atoms with Gasteiger partial charge in [0.05, 0.1) is 11.7 Å². The van der Waals surface area contributed by atoms with Crippen LogP contribution in [0, 0.1) is 0 Å². The lowest BCUT2D eigenvalue weighted by atomic mass is 10.1. The second kappa shape index (κ2) is 7.19. The van der Waals surface area contributed by atoms with E-state index in [1.165, 1.54) is 24.1 Å². The summed E-state index contributed by atoms with van der Waals surface area (Å²) in [5.41, 5.74) is 2.54. The molecule has 1 aliphatic rings. The molecule has 1 saturated heterocycles. The summed E-state index contributed by atoms with van der Waals surface area (Å²) in [6, 6.07) is 17.5. The Hall–Kier alpha value is -2.46. The lowest BCUT2D eigenvalue weighted by Gasteiger charge is -2.24. The van der Waals surface area contributed by atoms with E-state index >= 15 is 0 Å². The van der Waals surface area contributed by atoms with E-state index in [-0.39, 0.29) is 0 Å². The number of likely N-dealkylation sites (tertiary alicyclic amines) is 1. The molecule has 1 atom stereocenters. The van der Waals surface area contributed by atoms with Crippen LogP contribution in [0.4, 0.5) is 0 Å². The number of aromatic nitrogens is 3. The van der Waals surface area contributed by atoms with E-state index in [1.807, 2.05) is 12.4 Å². The van der Waals surface area contributed by atoms with E-state index in [4.69, 9.17) is 4.98 Å². The molecule has 4 rings (SSSR count). The molecular formula is C21H24N4. The fraction of sp³-hybridized carbons (Fsp3) is 0.333. The Balaban J connectivity index is 1.59. The van der Waals surface area contributed by atoms with Crippen molar-refractivity contribution in [3.8, 4) is 5.82 Å². The minimum absolute atomic E-state index is 0.397. The van der Waals surface area contributed by atoms with Gasteiger partial charge in [0.2, 0.25) is 0 Å². The molecular weight excluding hydrogens is 308 g/mol. The van der Waals surface area contributed by atoms with Crippen molar-refractivity contribution in [2.45, 2.75) is 38.8 Å². The zero-order valence-electron chi connectivity index (χ0n) is 14.7. The fourth-order valence-corrected chi connectivity index (χ4v) is 3.73. The predicted molar refractivity (Wildman–Crippen MR) is 99.6 cm³/mol. The molecule has 0 N–H and O–H groups in total. The van der Waals surface area contributed by atoms with Gasteiger partial charge in [-0.05, 0) is 37.1 Å². The molecule has 25 heavy (non-hydrogen) atoms. The molecule has 2 aromatic heterocycles. The molecule has 128 valence electrons. The quantitative estimate of drug-likeness (QED) is 0.703. The van der Waals surface area contributed by atoms with Gasteiger partial charge >= 0.3 is 0 Å². The van der Waals surface area contributed by atoms with E-state index in [0.717, 1.165) is 31.2 Å². The summed E-state index contributed by atoms with van der Waals surface area (Å²) >= 11 is 0. The van der Waals surface area contributed by atoms with Gasteiger partial charge in [0.1, 0.15) is 11.6 Å². The monoisotopic (exact) mass is 332 g/mol. The van der Waals surface area contributed by atoms with Crippen LogP contribution in [0.25, 0.3) is 5.82 Å². The molecule has 0 saturated carbocycles. The average Bonchev–Trinajstić information content (AvgIpc) is 3.32. The first-order valence-electron chi connectivity index (χ1n) is 9.12. The molecule has 0 unspecified atom stereocenters. The number of nitrogens with zero attached hydrogens (tertiary/aromatic N) is 4. The number of rotatable bonds is 5. The van der Waals surface area contributed by atoms with Crippen LogP contribution in [0.1, 0.15) is 42.9 Å². The minimum atomic E-state index is 0.397. The van der Waals surface area contributed by atoms with Crippen molar-refractivity contribution >= 4 is 0 Å². The van der Waals surface area contributed by atoms with Crippen LogP contribution in [0.2, 0.25) is 0 Å². The van der Waals surface area contributed by atoms with Gasteiger partial charge in [-0.1, -0.05) is 43.3 Å². The summed E-state index contributed by atoms with van der Waals surface area (Å²) in [6.45, 7) is 4.25. The van der Waals surface area contributed by atoms with Gasteiger partial charge in [0.25, 0.3) is 0 Å². The predicted octanol–water partition coefficient (Wildman–Crippen LogP) is 4.17. The zero-order valence-corrected chi connectivity index (χ0v) is 14.7. The highest BCUT2D eigenvalue weighted by Crippen LogP contribution is 2.32. The second-order valence-electron chi connectivity index (χ2n) is 6.60. The largest absolute Gasteiger partial charge is 0.291 e. The van der Waals surface area contributed by atoms with Crippen LogP contribution in [-0.4, -0.2) is 26.0 Å². The first-order valence-corrected chi connectivity index (χ1v) is 9.12. The van der Waals surface area contributed by atoms with E-state index in [0.29, 0.717) is 6.04 Å². The maximum atomic E-state index is 4.98. The number of aryl methyl sites for hydroxylation is 1. The third-order valence-electron chi connectivity index (χ3n) is 4.97. The summed E-state index contributed by atoms with van der Waals surface area (Å²) in [5, 5.41) is 0. The summed E-state index contributed by atoms with van der Waals surface area (Å²) < 4.78 is 2.10. The molecule has 0 aliphatic carbocycles. The third kappa shape index (κ3) is 3.35. The smallest absolute Gasteiger partial charge is 0.138 e. The highest BCUT2D eigenvalue weighted by molar-refractivity contribution is 5.28. The van der Waals surface area contributed by atoms with Crippen molar-refractivity contribution in [2.75, 3.05) is 6.54 Å². The standard InChI is InChI=1S/C21H24N4/c1-2-20-22-13-15-25(20)21-12-6-10-18(23-21)19-11-7-14-24(19)16-17-8-4-3-5-9-17/h3-6,8-10,12-13,15,19H,2,7,11,14,16H2,1H3/t19-/m1/s1. The van der Waals surface area contributed by atoms with Crippen LogP contribution in [0.3, 0.4) is 0 Å². The van der Waals surface area contributed by atoms with Gasteiger partial charge in [0, 0.05) is 25.4 Å². The molecule has 0 radical (unpaired) electrons. The summed E-state index contributed by atoms with van der Waals surface area (Å²) in [6.07, 6.45) is 7.16. The Morgan fingerprint density at radius 2 is 1.96 bits per heavy atom. The lowest BCUT2D eigenvalue weighted by molar-refractivity contribution is 0.244. The summed E-state index contributed by atoms with van der Waals surface area (Å²) in [4.78, 5) is 12.0. The van der Waals surface area contributed by atoms with Crippen molar-refractivity contribution in [1.29, 1.82) is 0 Å². The first-order chi connectivity index (χ1) is 12.3. The SMILES string of the molecule is CCc1nccn1-c1cccc([C@H]2CCCN2Cc2ccccc2)n1. The molecule has 0 spiro atoms. The fourth-order valence-electron chi connectivity index (χ4n) is 3.73. The summed E-state index contributed by atoms with van der Waals surface area (Å²) in [7, 11) is 0. The lowest BCUT2D eigenvalue weighted by Crippen LogP contribution is -2.23. The van der Waals surface area contributed by atoms with Gasteiger partial charge in [-0.15, -0.1) is 0 Å². The minimum Gasteiger partial charge on any atom is -0.291 e. The molecule has 1 aliphatic heterocycles. The maximum absolute atomic E-state index is 4.98. The van der Waals surface area contributed by atoms with Crippen LogP contribution < -0.4 is 0 Å². The molecule has 0 amide bonds. The Labute approximate surface area is 149 Å². The Bertz CT molecular complexity index is 825. The Kier molecular flexibility index (Phi) is 4.61. The molecule has 1 aromatic carbocycles. The van der Waals surface area contributed by atoms with Gasteiger partial charge in [0.15, 0.2) is 0 Å². The Morgan fingerprint density at radius 1 is 1.08 bits per heavy atom. The van der Waals surface area contributed by atoms with Crippen LogP contribution in [-0.2, 0) is 13.0 Å².